The zero-order chi connectivity index (χ0) is 11.3. The largest absolute Gasteiger partial charge is 0.126 e. The molecule has 1 aromatic carbocycles. The Hall–Kier alpha value is 0.0500. The summed E-state index contributed by atoms with van der Waals surface area (Å²) < 4.78 is 0. The van der Waals surface area contributed by atoms with Gasteiger partial charge in [-0.25, -0.2) is 0 Å². The van der Waals surface area contributed by atoms with Crippen LogP contribution >= 0.6 is 27.7 Å². The maximum Gasteiger partial charge on any atom is 0.00748 e. The van der Waals surface area contributed by atoms with Crippen molar-refractivity contribution in [3.63, 3.8) is 0 Å². The van der Waals surface area contributed by atoms with Crippen molar-refractivity contribution in [1.29, 1.82) is 0 Å². The Labute approximate surface area is 106 Å². The maximum atomic E-state index is 3.56. The van der Waals surface area contributed by atoms with E-state index in [1.807, 2.05) is 11.8 Å². The van der Waals surface area contributed by atoms with Crippen LogP contribution < -0.4 is 0 Å². The van der Waals surface area contributed by atoms with Crippen LogP contribution in [-0.4, -0.2) is 11.1 Å². The molecule has 84 valence electrons. The molecular formula is C13H19BrS. The zero-order valence-corrected chi connectivity index (χ0v) is 12.1. The number of alkyl halides is 1. The number of benzene rings is 1. The van der Waals surface area contributed by atoms with Gasteiger partial charge in [0.25, 0.3) is 0 Å². The number of hydrogen-bond donors (Lipinski definition) is 0. The molecule has 0 radical (unpaired) electrons. The molecule has 15 heavy (non-hydrogen) atoms. The van der Waals surface area contributed by atoms with Gasteiger partial charge in [-0.15, -0.1) is 11.8 Å². The molecule has 0 saturated heterocycles. The van der Waals surface area contributed by atoms with Crippen LogP contribution in [0.25, 0.3) is 0 Å². The Kier molecular flexibility index (Phi) is 5.77. The molecule has 0 fully saturated rings. The summed E-state index contributed by atoms with van der Waals surface area (Å²) in [6.45, 7) is 6.60. The van der Waals surface area contributed by atoms with Gasteiger partial charge in [0.15, 0.2) is 0 Å². The fourth-order valence-corrected chi connectivity index (χ4v) is 3.49. The summed E-state index contributed by atoms with van der Waals surface area (Å²) in [6, 6.07) is 6.74. The van der Waals surface area contributed by atoms with Gasteiger partial charge in [-0.05, 0) is 43.0 Å². The highest BCUT2D eigenvalue weighted by Gasteiger charge is 2.05. The Morgan fingerprint density at radius 1 is 1.27 bits per heavy atom. The second-order valence-electron chi connectivity index (χ2n) is 3.99. The quantitative estimate of drug-likeness (QED) is 0.553. The Morgan fingerprint density at radius 2 is 2.00 bits per heavy atom. The molecule has 0 aliphatic carbocycles. The fraction of sp³-hybridized carbons (Fsp3) is 0.538. The van der Waals surface area contributed by atoms with Gasteiger partial charge in [-0.3, -0.25) is 0 Å². The van der Waals surface area contributed by atoms with E-state index in [0.29, 0.717) is 0 Å². The minimum absolute atomic E-state index is 0.789. The summed E-state index contributed by atoms with van der Waals surface area (Å²) in [5.41, 5.74) is 2.78. The van der Waals surface area contributed by atoms with E-state index in [2.05, 4.69) is 54.9 Å². The summed E-state index contributed by atoms with van der Waals surface area (Å²) in [4.78, 5) is 1.40. The van der Waals surface area contributed by atoms with Crippen LogP contribution in [0.15, 0.2) is 23.1 Å². The molecular weight excluding hydrogens is 268 g/mol. The molecule has 1 rings (SSSR count). The van der Waals surface area contributed by atoms with Gasteiger partial charge in [0.2, 0.25) is 0 Å². The third-order valence-corrected chi connectivity index (χ3v) is 4.90. The first kappa shape index (κ1) is 13.1. The third-order valence-electron chi connectivity index (χ3n) is 2.76. The predicted octanol–water partition coefficient (Wildman–Crippen LogP) is 4.82. The first-order chi connectivity index (χ1) is 7.17. The van der Waals surface area contributed by atoms with Crippen LogP contribution in [0.4, 0.5) is 0 Å². The number of thioether (sulfide) groups is 1. The molecule has 1 atom stereocenters. The van der Waals surface area contributed by atoms with E-state index in [1.54, 1.807) is 0 Å². The van der Waals surface area contributed by atoms with Crippen molar-refractivity contribution in [3.05, 3.63) is 29.3 Å². The highest BCUT2D eigenvalue weighted by molar-refractivity contribution is 9.09. The molecule has 0 spiro atoms. The summed E-state index contributed by atoms with van der Waals surface area (Å²) in [7, 11) is 0. The van der Waals surface area contributed by atoms with Crippen molar-refractivity contribution in [2.24, 2.45) is 5.92 Å². The number of hydrogen-bond acceptors (Lipinski definition) is 1. The molecule has 0 saturated carbocycles. The van der Waals surface area contributed by atoms with Crippen molar-refractivity contribution < 1.29 is 0 Å². The lowest BCUT2D eigenvalue weighted by atomic mass is 10.1. The van der Waals surface area contributed by atoms with E-state index >= 15 is 0 Å². The number of aryl methyl sites for hydroxylation is 2. The molecule has 0 aromatic heterocycles. The Bertz CT molecular complexity index is 305. The fourth-order valence-electron chi connectivity index (χ4n) is 1.29. The monoisotopic (exact) mass is 286 g/mol. The van der Waals surface area contributed by atoms with Crippen LogP contribution in [0.3, 0.4) is 0 Å². The Morgan fingerprint density at radius 3 is 2.53 bits per heavy atom. The van der Waals surface area contributed by atoms with Gasteiger partial charge in [0.05, 0.1) is 0 Å². The van der Waals surface area contributed by atoms with Crippen LogP contribution in [0.5, 0.6) is 0 Å². The van der Waals surface area contributed by atoms with E-state index in [1.165, 1.54) is 28.2 Å². The third kappa shape index (κ3) is 4.20. The first-order valence-corrected chi connectivity index (χ1v) is 7.54. The van der Waals surface area contributed by atoms with Crippen molar-refractivity contribution >= 4 is 27.7 Å². The van der Waals surface area contributed by atoms with Gasteiger partial charge in [-0.1, -0.05) is 35.3 Å². The van der Waals surface area contributed by atoms with E-state index in [9.17, 15) is 0 Å². The molecule has 0 aliphatic heterocycles. The second-order valence-corrected chi connectivity index (χ2v) is 5.73. The molecule has 0 heterocycles. The van der Waals surface area contributed by atoms with Gasteiger partial charge in [-0.2, -0.15) is 0 Å². The molecule has 0 bridgehead atoms. The van der Waals surface area contributed by atoms with Crippen LogP contribution in [0.1, 0.15) is 24.5 Å². The number of halogens is 1. The maximum absolute atomic E-state index is 3.56. The molecule has 0 N–H and O–H groups in total. The smallest absolute Gasteiger partial charge is 0.00748 e. The van der Waals surface area contributed by atoms with Gasteiger partial charge >= 0.3 is 0 Å². The minimum Gasteiger partial charge on any atom is -0.126 e. The molecule has 0 aliphatic rings. The highest BCUT2D eigenvalue weighted by Crippen LogP contribution is 2.24. The highest BCUT2D eigenvalue weighted by atomic mass is 79.9. The van der Waals surface area contributed by atoms with Crippen molar-refractivity contribution in [2.75, 3.05) is 11.1 Å². The molecule has 0 nitrogen and oxygen atoms in total. The molecule has 2 heteroatoms. The van der Waals surface area contributed by atoms with E-state index in [-0.39, 0.29) is 0 Å². The lowest BCUT2D eigenvalue weighted by molar-refractivity contribution is 0.652. The predicted molar refractivity (Wildman–Crippen MR) is 74.2 cm³/mol. The van der Waals surface area contributed by atoms with Crippen molar-refractivity contribution in [2.45, 2.75) is 32.1 Å². The molecule has 0 amide bonds. The molecule has 1 aromatic rings. The summed E-state index contributed by atoms with van der Waals surface area (Å²) >= 11 is 5.53. The summed E-state index contributed by atoms with van der Waals surface area (Å²) in [5.74, 6) is 2.00. The average Bonchev–Trinajstić information content (AvgIpc) is 2.24. The summed E-state index contributed by atoms with van der Waals surface area (Å²) in [5, 5.41) is 1.11. The first-order valence-electron chi connectivity index (χ1n) is 5.43. The van der Waals surface area contributed by atoms with E-state index < -0.39 is 0 Å². The summed E-state index contributed by atoms with van der Waals surface area (Å²) in [6.07, 6.45) is 1.25. The van der Waals surface area contributed by atoms with E-state index in [0.717, 1.165) is 11.2 Å². The lowest BCUT2D eigenvalue weighted by Gasteiger charge is -2.11. The van der Waals surface area contributed by atoms with Crippen LogP contribution in [0, 0.1) is 19.8 Å². The topological polar surface area (TPSA) is 0 Å². The standard InChI is InChI=1S/C13H19BrS/c1-4-12(8-14)9-15-13-6-5-10(2)11(3)7-13/h5-7,12H,4,8-9H2,1-3H3. The zero-order valence-electron chi connectivity index (χ0n) is 9.72. The average molecular weight is 287 g/mol. The van der Waals surface area contributed by atoms with Gasteiger partial charge in [0, 0.05) is 16.0 Å². The van der Waals surface area contributed by atoms with Gasteiger partial charge < -0.3 is 0 Å². The minimum atomic E-state index is 0.789. The van der Waals surface area contributed by atoms with Crippen molar-refractivity contribution in [3.8, 4) is 0 Å². The molecule has 1 unspecified atom stereocenters. The van der Waals surface area contributed by atoms with E-state index in [4.69, 9.17) is 0 Å². The lowest BCUT2D eigenvalue weighted by Crippen LogP contribution is -2.03. The second kappa shape index (κ2) is 6.59. The SMILES string of the molecule is CCC(CBr)CSc1ccc(C)c(C)c1. The van der Waals surface area contributed by atoms with Crippen molar-refractivity contribution in [1.82, 2.24) is 0 Å². The number of rotatable bonds is 5. The Balaban J connectivity index is 2.54. The normalized spacial score (nSPS) is 12.8. The van der Waals surface area contributed by atoms with Crippen LogP contribution in [0.2, 0.25) is 0 Å². The van der Waals surface area contributed by atoms with Crippen LogP contribution in [-0.2, 0) is 0 Å². The van der Waals surface area contributed by atoms with Gasteiger partial charge in [0.1, 0.15) is 0 Å².